The van der Waals surface area contributed by atoms with E-state index < -0.39 is 0 Å². The number of amides is 1. The van der Waals surface area contributed by atoms with Gasteiger partial charge < -0.3 is 5.32 Å². The van der Waals surface area contributed by atoms with Crippen LogP contribution in [0.5, 0.6) is 0 Å². The van der Waals surface area contributed by atoms with E-state index in [-0.39, 0.29) is 11.8 Å². The molecule has 1 aliphatic heterocycles. The topological polar surface area (TPSA) is 44.7 Å². The minimum atomic E-state index is -0.119. The Hall–Kier alpha value is -1.49. The van der Waals surface area contributed by atoms with Gasteiger partial charge in [0.2, 0.25) is 0 Å². The zero-order valence-electron chi connectivity index (χ0n) is 10.6. The van der Waals surface area contributed by atoms with Gasteiger partial charge in [-0.25, -0.2) is 5.01 Å². The molecule has 18 heavy (non-hydrogen) atoms. The number of rotatable bonds is 4. The fraction of sp³-hybridized carbons (Fsp3) is 0.385. The fourth-order valence-corrected chi connectivity index (χ4v) is 2.28. The molecule has 2 rings (SSSR count). The first-order valence-corrected chi connectivity index (χ1v) is 6.58. The summed E-state index contributed by atoms with van der Waals surface area (Å²) in [7, 11) is 1.86. The second kappa shape index (κ2) is 5.44. The lowest BCUT2D eigenvalue weighted by Gasteiger charge is -2.14. The minimum Gasteiger partial charge on any atom is -0.388 e. The molecule has 1 aliphatic rings. The standard InChI is InChI=1S/C13H17N3OS/c1-9-12(7-8-18)13(17)16(15-9)11-5-3-10(14-2)4-6-11/h3-6,12,14,18H,7-8H2,1-2H3. The predicted molar refractivity (Wildman–Crippen MR) is 78.5 cm³/mol. The Bertz CT molecular complexity index is 470. The van der Waals surface area contributed by atoms with Gasteiger partial charge in [0.15, 0.2) is 0 Å². The molecule has 1 aromatic rings. The van der Waals surface area contributed by atoms with Crippen LogP contribution in [0.25, 0.3) is 0 Å². The molecule has 0 radical (unpaired) electrons. The number of hydrazone groups is 1. The van der Waals surface area contributed by atoms with Gasteiger partial charge in [-0.1, -0.05) is 0 Å². The van der Waals surface area contributed by atoms with Crippen molar-refractivity contribution >= 4 is 35.6 Å². The van der Waals surface area contributed by atoms with E-state index in [1.54, 1.807) is 0 Å². The molecule has 1 aromatic carbocycles. The van der Waals surface area contributed by atoms with Crippen molar-refractivity contribution < 1.29 is 4.79 Å². The maximum absolute atomic E-state index is 12.2. The van der Waals surface area contributed by atoms with E-state index in [4.69, 9.17) is 0 Å². The highest BCUT2D eigenvalue weighted by Crippen LogP contribution is 2.26. The molecule has 0 spiro atoms. The van der Waals surface area contributed by atoms with E-state index in [0.717, 1.165) is 23.5 Å². The zero-order valence-corrected chi connectivity index (χ0v) is 11.4. The fourth-order valence-electron chi connectivity index (χ4n) is 2.02. The third kappa shape index (κ3) is 2.36. The Morgan fingerprint density at radius 2 is 2.06 bits per heavy atom. The Labute approximate surface area is 112 Å². The SMILES string of the molecule is CNc1ccc(N2N=C(C)C(CCS)C2=O)cc1. The summed E-state index contributed by atoms with van der Waals surface area (Å²) in [4.78, 5) is 12.2. The highest BCUT2D eigenvalue weighted by atomic mass is 32.1. The molecule has 1 N–H and O–H groups in total. The molecule has 1 amide bonds. The summed E-state index contributed by atoms with van der Waals surface area (Å²) in [6.07, 6.45) is 0.738. The summed E-state index contributed by atoms with van der Waals surface area (Å²) in [5, 5.41) is 8.87. The molecule has 0 bridgehead atoms. The molecule has 4 nitrogen and oxygen atoms in total. The highest BCUT2D eigenvalue weighted by molar-refractivity contribution is 7.80. The summed E-state index contributed by atoms with van der Waals surface area (Å²) >= 11 is 4.19. The first-order valence-electron chi connectivity index (χ1n) is 5.95. The van der Waals surface area contributed by atoms with Crippen molar-refractivity contribution in [2.45, 2.75) is 13.3 Å². The van der Waals surface area contributed by atoms with Gasteiger partial charge in [0.05, 0.1) is 11.6 Å². The lowest BCUT2D eigenvalue weighted by atomic mass is 10.0. The second-order valence-corrected chi connectivity index (χ2v) is 4.70. The van der Waals surface area contributed by atoms with Gasteiger partial charge in [-0.05, 0) is 43.4 Å². The molecule has 0 saturated heterocycles. The lowest BCUT2D eigenvalue weighted by Crippen LogP contribution is -2.27. The third-order valence-corrected chi connectivity index (χ3v) is 3.35. The summed E-state index contributed by atoms with van der Waals surface area (Å²) in [6.45, 7) is 1.90. The Morgan fingerprint density at radius 1 is 1.39 bits per heavy atom. The third-order valence-electron chi connectivity index (χ3n) is 3.09. The Balaban J connectivity index is 2.21. The zero-order chi connectivity index (χ0) is 13.1. The summed E-state index contributed by atoms with van der Waals surface area (Å²) in [6, 6.07) is 7.64. The minimum absolute atomic E-state index is 0.0405. The molecule has 1 heterocycles. The molecule has 0 saturated carbocycles. The van der Waals surface area contributed by atoms with Crippen molar-refractivity contribution in [2.75, 3.05) is 23.1 Å². The molecule has 0 aromatic heterocycles. The number of hydrogen-bond donors (Lipinski definition) is 2. The van der Waals surface area contributed by atoms with E-state index in [2.05, 4.69) is 23.0 Å². The molecular weight excluding hydrogens is 246 g/mol. The largest absolute Gasteiger partial charge is 0.388 e. The smallest absolute Gasteiger partial charge is 0.256 e. The van der Waals surface area contributed by atoms with Gasteiger partial charge in [-0.15, -0.1) is 0 Å². The van der Waals surface area contributed by atoms with Crippen LogP contribution < -0.4 is 10.3 Å². The first-order chi connectivity index (χ1) is 8.67. The number of hydrogen-bond acceptors (Lipinski definition) is 4. The van der Waals surface area contributed by atoms with Crippen LogP contribution in [0.1, 0.15) is 13.3 Å². The monoisotopic (exact) mass is 263 g/mol. The highest BCUT2D eigenvalue weighted by Gasteiger charge is 2.33. The molecule has 0 fully saturated rings. The quantitative estimate of drug-likeness (QED) is 0.819. The average molecular weight is 263 g/mol. The molecular formula is C13H17N3OS. The van der Waals surface area contributed by atoms with Crippen LogP contribution in [0.3, 0.4) is 0 Å². The van der Waals surface area contributed by atoms with Crippen LogP contribution in [0, 0.1) is 5.92 Å². The van der Waals surface area contributed by atoms with Gasteiger partial charge in [0, 0.05) is 18.4 Å². The number of nitrogens with zero attached hydrogens (tertiary/aromatic N) is 2. The van der Waals surface area contributed by atoms with Crippen LogP contribution >= 0.6 is 12.6 Å². The predicted octanol–water partition coefficient (Wildman–Crippen LogP) is 2.39. The maximum atomic E-state index is 12.2. The molecule has 1 unspecified atom stereocenters. The van der Waals surface area contributed by atoms with E-state index in [9.17, 15) is 4.79 Å². The van der Waals surface area contributed by atoms with Crippen molar-refractivity contribution in [1.29, 1.82) is 0 Å². The van der Waals surface area contributed by atoms with Gasteiger partial charge in [0.1, 0.15) is 0 Å². The van der Waals surface area contributed by atoms with Crippen molar-refractivity contribution in [3.8, 4) is 0 Å². The van der Waals surface area contributed by atoms with E-state index in [0.29, 0.717) is 5.75 Å². The van der Waals surface area contributed by atoms with Gasteiger partial charge in [-0.2, -0.15) is 17.7 Å². The number of nitrogens with one attached hydrogen (secondary N) is 1. The summed E-state index contributed by atoms with van der Waals surface area (Å²) < 4.78 is 0. The van der Waals surface area contributed by atoms with Crippen LogP contribution in [-0.2, 0) is 4.79 Å². The maximum Gasteiger partial charge on any atom is 0.256 e. The van der Waals surface area contributed by atoms with Gasteiger partial charge in [-0.3, -0.25) is 4.79 Å². The molecule has 0 aliphatic carbocycles. The Kier molecular flexibility index (Phi) is 3.91. The van der Waals surface area contributed by atoms with Crippen molar-refractivity contribution in [2.24, 2.45) is 11.0 Å². The number of carbonyl (C=O) groups is 1. The lowest BCUT2D eigenvalue weighted by molar-refractivity contribution is -0.119. The number of anilines is 2. The summed E-state index contributed by atoms with van der Waals surface area (Å²) in [5.41, 5.74) is 2.68. The van der Waals surface area contributed by atoms with Crippen molar-refractivity contribution in [3.63, 3.8) is 0 Å². The van der Waals surface area contributed by atoms with Crippen LogP contribution in [0.4, 0.5) is 11.4 Å². The van der Waals surface area contributed by atoms with Crippen LogP contribution in [0.2, 0.25) is 0 Å². The van der Waals surface area contributed by atoms with E-state index in [1.165, 1.54) is 5.01 Å². The van der Waals surface area contributed by atoms with E-state index >= 15 is 0 Å². The molecule has 5 heteroatoms. The Morgan fingerprint density at radius 3 is 2.61 bits per heavy atom. The number of thiol groups is 1. The average Bonchev–Trinajstić information content (AvgIpc) is 2.67. The number of benzene rings is 1. The van der Waals surface area contributed by atoms with Gasteiger partial charge in [0.25, 0.3) is 5.91 Å². The van der Waals surface area contributed by atoms with Gasteiger partial charge >= 0.3 is 0 Å². The molecule has 96 valence electrons. The normalized spacial score (nSPS) is 19.1. The molecule has 1 atom stereocenters. The van der Waals surface area contributed by atoms with Crippen molar-refractivity contribution in [3.05, 3.63) is 24.3 Å². The number of carbonyl (C=O) groups excluding carboxylic acids is 1. The van der Waals surface area contributed by atoms with Crippen LogP contribution in [-0.4, -0.2) is 24.4 Å². The van der Waals surface area contributed by atoms with Crippen LogP contribution in [0.15, 0.2) is 29.4 Å². The summed E-state index contributed by atoms with van der Waals surface area (Å²) in [5.74, 6) is 0.612. The second-order valence-electron chi connectivity index (χ2n) is 4.25. The first kappa shape index (κ1) is 13.0. The van der Waals surface area contributed by atoms with Crippen molar-refractivity contribution in [1.82, 2.24) is 0 Å². The van der Waals surface area contributed by atoms with E-state index in [1.807, 2.05) is 38.2 Å².